The van der Waals surface area contributed by atoms with Gasteiger partial charge in [-0.15, -0.1) is 0 Å². The van der Waals surface area contributed by atoms with E-state index in [9.17, 15) is 13.0 Å². The average Bonchev–Trinajstić information content (AvgIpc) is 2.35. The van der Waals surface area contributed by atoms with Gasteiger partial charge in [0.05, 0.1) is 21.6 Å². The number of hydrogen-bond donors (Lipinski definition) is 0. The van der Waals surface area contributed by atoms with Crippen molar-refractivity contribution in [2.24, 2.45) is 0 Å². The fourth-order valence-corrected chi connectivity index (χ4v) is 2.93. The fourth-order valence-electron chi connectivity index (χ4n) is 1.49. The summed E-state index contributed by atoms with van der Waals surface area (Å²) in [6.07, 6.45) is 0. The predicted octanol–water partition coefficient (Wildman–Crippen LogP) is 3.93. The Morgan fingerprint density at radius 2 is 1.83 bits per heavy atom. The molecule has 0 spiro atoms. The van der Waals surface area contributed by atoms with Gasteiger partial charge in [-0.25, -0.2) is 8.78 Å². The van der Waals surface area contributed by atoms with E-state index in [4.69, 9.17) is 11.6 Å². The van der Waals surface area contributed by atoms with Gasteiger partial charge in [0.25, 0.3) is 0 Å². The van der Waals surface area contributed by atoms with E-state index in [-0.39, 0.29) is 10.8 Å². The molecule has 18 heavy (non-hydrogen) atoms. The molecule has 0 aliphatic carbocycles. The van der Waals surface area contributed by atoms with Crippen LogP contribution < -0.4 is 0 Å². The van der Waals surface area contributed by atoms with Crippen molar-refractivity contribution in [3.63, 3.8) is 0 Å². The van der Waals surface area contributed by atoms with Gasteiger partial charge in [0.15, 0.2) is 0 Å². The van der Waals surface area contributed by atoms with Gasteiger partial charge in [-0.1, -0.05) is 29.8 Å². The molecule has 0 radical (unpaired) electrons. The maximum atomic E-state index is 13.2. The first-order chi connectivity index (χ1) is 8.58. The first-order valence-electron chi connectivity index (χ1n) is 5.15. The molecular formula is C13H9ClF2OS. The van der Waals surface area contributed by atoms with Crippen molar-refractivity contribution in [3.8, 4) is 0 Å². The molecule has 0 fully saturated rings. The van der Waals surface area contributed by atoms with Gasteiger partial charge >= 0.3 is 0 Å². The van der Waals surface area contributed by atoms with Crippen molar-refractivity contribution in [2.45, 2.75) is 10.6 Å². The van der Waals surface area contributed by atoms with E-state index in [1.54, 1.807) is 12.1 Å². The van der Waals surface area contributed by atoms with E-state index in [1.807, 2.05) is 0 Å². The topological polar surface area (TPSA) is 17.1 Å². The van der Waals surface area contributed by atoms with Gasteiger partial charge in [-0.2, -0.15) is 0 Å². The Kier molecular flexibility index (Phi) is 4.09. The molecule has 0 aliphatic heterocycles. The number of rotatable bonds is 3. The Bertz CT molecular complexity index is 601. The first kappa shape index (κ1) is 13.2. The zero-order valence-corrected chi connectivity index (χ0v) is 10.8. The smallest absolute Gasteiger partial charge is 0.142 e. The zero-order chi connectivity index (χ0) is 13.1. The summed E-state index contributed by atoms with van der Waals surface area (Å²) in [6, 6.07) is 9.85. The molecule has 0 aliphatic rings. The molecule has 0 amide bonds. The van der Waals surface area contributed by atoms with Gasteiger partial charge in [0.2, 0.25) is 0 Å². The Balaban J connectivity index is 2.24. The highest BCUT2D eigenvalue weighted by Gasteiger charge is 2.11. The van der Waals surface area contributed by atoms with Crippen LogP contribution in [0, 0.1) is 11.6 Å². The summed E-state index contributed by atoms with van der Waals surface area (Å²) in [6.45, 7) is 0. The lowest BCUT2D eigenvalue weighted by molar-refractivity contribution is 0.622. The fraction of sp³-hybridized carbons (Fsp3) is 0.0769. The normalized spacial score (nSPS) is 12.4. The Labute approximate surface area is 111 Å². The summed E-state index contributed by atoms with van der Waals surface area (Å²) in [4.78, 5) is 0.357. The molecule has 0 saturated heterocycles. The lowest BCUT2D eigenvalue weighted by Gasteiger charge is -2.05. The van der Waals surface area contributed by atoms with Crippen LogP contribution in [0.15, 0.2) is 47.4 Å². The predicted molar refractivity (Wildman–Crippen MR) is 67.9 cm³/mol. The average molecular weight is 287 g/mol. The third-order valence-electron chi connectivity index (χ3n) is 2.38. The molecule has 0 N–H and O–H groups in total. The quantitative estimate of drug-likeness (QED) is 0.836. The van der Waals surface area contributed by atoms with E-state index in [1.165, 1.54) is 30.3 Å². The second-order valence-corrected chi connectivity index (χ2v) is 5.49. The molecule has 0 heterocycles. The highest BCUT2D eigenvalue weighted by Crippen LogP contribution is 2.23. The van der Waals surface area contributed by atoms with Crippen molar-refractivity contribution in [2.75, 3.05) is 0 Å². The summed E-state index contributed by atoms with van der Waals surface area (Å²) in [5, 5.41) is -0.0396. The minimum atomic E-state index is -1.45. The molecule has 0 saturated carbocycles. The van der Waals surface area contributed by atoms with Crippen LogP contribution in [-0.4, -0.2) is 4.21 Å². The Morgan fingerprint density at radius 1 is 1.11 bits per heavy atom. The molecule has 2 aromatic rings. The molecule has 5 heteroatoms. The highest BCUT2D eigenvalue weighted by atomic mass is 35.5. The Morgan fingerprint density at radius 3 is 2.56 bits per heavy atom. The van der Waals surface area contributed by atoms with Crippen LogP contribution in [0.25, 0.3) is 0 Å². The van der Waals surface area contributed by atoms with Gasteiger partial charge in [-0.05, 0) is 29.8 Å². The van der Waals surface area contributed by atoms with Crippen molar-refractivity contribution in [1.82, 2.24) is 0 Å². The van der Waals surface area contributed by atoms with Gasteiger partial charge in [0, 0.05) is 4.90 Å². The van der Waals surface area contributed by atoms with Crippen LogP contribution in [0.1, 0.15) is 5.56 Å². The summed E-state index contributed by atoms with van der Waals surface area (Å²) in [5.74, 6) is -0.948. The maximum absolute atomic E-state index is 13.2. The molecule has 2 aromatic carbocycles. The monoisotopic (exact) mass is 286 g/mol. The Hall–Kier alpha value is -1.26. The first-order valence-corrected chi connectivity index (χ1v) is 6.84. The van der Waals surface area contributed by atoms with E-state index in [0.717, 1.165) is 0 Å². The standard InChI is InChI=1S/C13H9ClF2OS/c14-13-9(3-1-6-12(13)16)8-18(17)11-5-2-4-10(15)7-11/h1-7H,8H2. The van der Waals surface area contributed by atoms with E-state index in [2.05, 4.69) is 0 Å². The van der Waals surface area contributed by atoms with Crippen molar-refractivity contribution < 1.29 is 13.0 Å². The lowest BCUT2D eigenvalue weighted by atomic mass is 10.2. The van der Waals surface area contributed by atoms with Crippen LogP contribution in [0.4, 0.5) is 8.78 Å². The summed E-state index contributed by atoms with van der Waals surface area (Å²) in [7, 11) is -1.45. The molecule has 1 atom stereocenters. The van der Waals surface area contributed by atoms with Crippen LogP contribution in [0.3, 0.4) is 0 Å². The molecular weight excluding hydrogens is 278 g/mol. The lowest BCUT2D eigenvalue weighted by Crippen LogP contribution is -1.98. The molecule has 2 rings (SSSR count). The highest BCUT2D eigenvalue weighted by molar-refractivity contribution is 7.84. The third-order valence-corrected chi connectivity index (χ3v) is 4.15. The molecule has 1 unspecified atom stereocenters. The van der Waals surface area contributed by atoms with Crippen molar-refractivity contribution in [1.29, 1.82) is 0 Å². The second kappa shape index (κ2) is 5.59. The summed E-state index contributed by atoms with van der Waals surface area (Å²) in [5.41, 5.74) is 0.444. The zero-order valence-electron chi connectivity index (χ0n) is 9.20. The van der Waals surface area contributed by atoms with Crippen LogP contribution in [-0.2, 0) is 16.6 Å². The van der Waals surface area contributed by atoms with Crippen molar-refractivity contribution in [3.05, 3.63) is 64.7 Å². The SMILES string of the molecule is O=S(Cc1cccc(F)c1Cl)c1cccc(F)c1. The maximum Gasteiger partial charge on any atom is 0.142 e. The van der Waals surface area contributed by atoms with Crippen molar-refractivity contribution >= 4 is 22.4 Å². The third kappa shape index (κ3) is 2.94. The minimum absolute atomic E-state index is 0.0396. The van der Waals surface area contributed by atoms with Gasteiger partial charge in [0.1, 0.15) is 11.6 Å². The second-order valence-electron chi connectivity index (χ2n) is 3.66. The number of hydrogen-bond acceptors (Lipinski definition) is 1. The molecule has 94 valence electrons. The van der Waals surface area contributed by atoms with Crippen LogP contribution >= 0.6 is 11.6 Å². The largest absolute Gasteiger partial charge is 0.254 e. The van der Waals surface area contributed by atoms with Crippen LogP contribution in [0.5, 0.6) is 0 Å². The van der Waals surface area contributed by atoms with E-state index in [0.29, 0.717) is 10.5 Å². The summed E-state index contributed by atoms with van der Waals surface area (Å²) >= 11 is 5.77. The number of halogens is 3. The van der Waals surface area contributed by atoms with Gasteiger partial charge in [-0.3, -0.25) is 4.21 Å². The molecule has 1 nitrogen and oxygen atoms in total. The molecule has 0 aromatic heterocycles. The van der Waals surface area contributed by atoms with E-state index < -0.39 is 22.4 Å². The summed E-state index contributed by atoms with van der Waals surface area (Å²) < 4.78 is 38.2. The number of benzene rings is 2. The van der Waals surface area contributed by atoms with Crippen LogP contribution in [0.2, 0.25) is 5.02 Å². The minimum Gasteiger partial charge on any atom is -0.254 e. The molecule has 0 bridgehead atoms. The van der Waals surface area contributed by atoms with E-state index >= 15 is 0 Å². The van der Waals surface area contributed by atoms with Gasteiger partial charge < -0.3 is 0 Å².